The fourth-order valence-electron chi connectivity index (χ4n) is 4.87. The lowest BCUT2D eigenvalue weighted by molar-refractivity contribution is -0.143. The zero-order valence-corrected chi connectivity index (χ0v) is 20.1. The number of rotatable bonds is 4. The summed E-state index contributed by atoms with van der Waals surface area (Å²) in [6, 6.07) is 1.61. The summed E-state index contributed by atoms with van der Waals surface area (Å²) in [5, 5.41) is 13.1. The van der Waals surface area contributed by atoms with E-state index >= 15 is 0 Å². The second-order valence-corrected chi connectivity index (χ2v) is 10.4. The van der Waals surface area contributed by atoms with Gasteiger partial charge in [-0.3, -0.25) is 9.69 Å². The van der Waals surface area contributed by atoms with E-state index in [1.807, 2.05) is 6.08 Å². The largest absolute Gasteiger partial charge is 0.416 e. The number of thioether (sulfide) groups is 1. The second kappa shape index (κ2) is 10.7. The van der Waals surface area contributed by atoms with Crippen LogP contribution in [-0.2, 0) is 18.9 Å². The number of nitrogens with zero attached hydrogens (tertiary/aromatic N) is 2. The van der Waals surface area contributed by atoms with Crippen molar-refractivity contribution in [2.24, 2.45) is 10.9 Å². The maximum absolute atomic E-state index is 13.5. The average molecular weight is 536 g/mol. The molecule has 0 spiro atoms. The third-order valence-electron chi connectivity index (χ3n) is 6.84. The molecule has 3 aliphatic rings. The van der Waals surface area contributed by atoms with Gasteiger partial charge in [-0.25, -0.2) is 0 Å². The highest BCUT2D eigenvalue weighted by atomic mass is 32.2. The molecule has 0 aromatic heterocycles. The number of hydrogen-bond donors (Lipinski definition) is 2. The van der Waals surface area contributed by atoms with Gasteiger partial charge in [0.05, 0.1) is 28.2 Å². The summed E-state index contributed by atoms with van der Waals surface area (Å²) in [4.78, 5) is 18.5. The molecule has 0 radical (unpaired) electrons. The van der Waals surface area contributed by atoms with Gasteiger partial charge in [-0.05, 0) is 74.1 Å². The number of allylic oxidation sites excluding steroid dienone is 1. The van der Waals surface area contributed by atoms with Gasteiger partial charge in [-0.1, -0.05) is 25.0 Å². The predicted molar refractivity (Wildman–Crippen MR) is 124 cm³/mol. The van der Waals surface area contributed by atoms with E-state index in [0.717, 1.165) is 37.1 Å². The normalized spacial score (nSPS) is 25.9. The summed E-state index contributed by atoms with van der Waals surface area (Å²) in [6.07, 6.45) is -3.62. The van der Waals surface area contributed by atoms with E-state index in [1.165, 1.54) is 0 Å². The van der Waals surface area contributed by atoms with Crippen molar-refractivity contribution in [2.75, 3.05) is 13.1 Å². The van der Waals surface area contributed by atoms with Crippen molar-refractivity contribution in [1.82, 2.24) is 10.2 Å². The molecule has 1 saturated heterocycles. The quantitative estimate of drug-likeness (QED) is 0.465. The van der Waals surface area contributed by atoms with Crippen LogP contribution in [-0.4, -0.2) is 46.3 Å². The summed E-state index contributed by atoms with van der Waals surface area (Å²) < 4.78 is 79.2. The number of alkyl halides is 6. The highest BCUT2D eigenvalue weighted by Gasteiger charge is 2.38. The molecule has 1 aromatic rings. The highest BCUT2D eigenvalue weighted by molar-refractivity contribution is 8.18. The van der Waals surface area contributed by atoms with E-state index < -0.39 is 29.6 Å². The number of piperidine rings is 1. The zero-order chi connectivity index (χ0) is 26.1. The molecule has 36 heavy (non-hydrogen) atoms. The first-order valence-corrected chi connectivity index (χ1v) is 12.7. The van der Waals surface area contributed by atoms with Gasteiger partial charge in [0.25, 0.3) is 0 Å². The smallest absolute Gasteiger partial charge is 0.391 e. The molecular formula is C24H27F6N3O2S. The number of benzene rings is 1. The first-order valence-electron chi connectivity index (χ1n) is 11.9. The monoisotopic (exact) mass is 535 g/mol. The number of halogens is 6. The molecule has 2 fully saturated rings. The fourth-order valence-corrected chi connectivity index (χ4v) is 5.66. The average Bonchev–Trinajstić information content (AvgIpc) is 3.14. The Morgan fingerprint density at radius 1 is 1.06 bits per heavy atom. The molecule has 2 heterocycles. The number of aliphatic hydroxyl groups is 1. The lowest BCUT2D eigenvalue weighted by Crippen LogP contribution is -2.45. The van der Waals surface area contributed by atoms with Crippen molar-refractivity contribution >= 4 is 22.8 Å². The first-order chi connectivity index (χ1) is 16.9. The Morgan fingerprint density at radius 3 is 2.39 bits per heavy atom. The Kier molecular flexibility index (Phi) is 8.06. The molecule has 2 atom stereocenters. The van der Waals surface area contributed by atoms with E-state index in [4.69, 9.17) is 0 Å². The molecule has 12 heteroatoms. The third-order valence-corrected chi connectivity index (χ3v) is 7.66. The van der Waals surface area contributed by atoms with Gasteiger partial charge >= 0.3 is 17.6 Å². The summed E-state index contributed by atoms with van der Waals surface area (Å²) in [6.45, 7) is 0.830. The van der Waals surface area contributed by atoms with Crippen LogP contribution in [0.3, 0.4) is 0 Å². The number of carbonyl (C=O) groups excluding carboxylic acids is 1. The molecule has 2 aliphatic heterocycles. The van der Waals surface area contributed by atoms with Crippen LogP contribution in [0.2, 0.25) is 0 Å². The summed E-state index contributed by atoms with van der Waals surface area (Å²) >= 11 is 1.01. The number of amidine groups is 1. The van der Waals surface area contributed by atoms with Crippen LogP contribution in [0, 0.1) is 5.92 Å². The maximum Gasteiger partial charge on any atom is 0.416 e. The lowest BCUT2D eigenvalue weighted by Gasteiger charge is -2.32. The topological polar surface area (TPSA) is 64.9 Å². The van der Waals surface area contributed by atoms with Crippen molar-refractivity contribution in [1.29, 1.82) is 0 Å². The van der Waals surface area contributed by atoms with Crippen LogP contribution in [0.4, 0.5) is 31.1 Å². The van der Waals surface area contributed by atoms with Crippen LogP contribution in [0.5, 0.6) is 0 Å². The number of aliphatic imine (C=N–C) groups is 1. The molecule has 0 bridgehead atoms. The van der Waals surface area contributed by atoms with E-state index in [0.29, 0.717) is 49.2 Å². The predicted octanol–water partition coefficient (Wildman–Crippen LogP) is 5.98. The number of likely N-dealkylation sites (tertiary alicyclic amines) is 1. The molecule has 1 aliphatic carbocycles. The van der Waals surface area contributed by atoms with Crippen LogP contribution in [0.1, 0.15) is 55.2 Å². The highest BCUT2D eigenvalue weighted by Crippen LogP contribution is 2.38. The second-order valence-electron chi connectivity index (χ2n) is 9.44. The summed E-state index contributed by atoms with van der Waals surface area (Å²) in [5.74, 6) is 0.533. The number of nitrogens with one attached hydrogen (secondary N) is 1. The number of hydrogen-bond acceptors (Lipinski definition) is 5. The third kappa shape index (κ3) is 6.63. The standard InChI is InChI=1S/C24H27F6N3O2S/c25-23(26,27)16-6-5-15(17(12-16)24(28,29)30)13-33-9-7-14(8-10-33)11-20-21(32-22(35)36-20)31-18-3-1-2-4-19(18)34/h5-6,11-12,14,18-19,34H,1-4,7-10,13H2,(H,31,32,35)/b20-11-/t18-,19+/m0/s1. The van der Waals surface area contributed by atoms with Crippen molar-refractivity contribution in [3.05, 3.63) is 45.9 Å². The van der Waals surface area contributed by atoms with E-state index in [2.05, 4.69) is 10.3 Å². The van der Waals surface area contributed by atoms with Gasteiger partial charge in [-0.2, -0.15) is 31.3 Å². The SMILES string of the molecule is O=C1N=C(N[C@H]2CCCC[C@H]2O)/C(=C/C2CCN(Cc3ccc(C(F)(F)F)cc3C(F)(F)F)CC2)S1. The Hall–Kier alpha value is -2.05. The molecule has 2 N–H and O–H groups in total. The van der Waals surface area contributed by atoms with E-state index in [1.54, 1.807) is 4.90 Å². The van der Waals surface area contributed by atoms with Crippen LogP contribution >= 0.6 is 11.8 Å². The Bertz CT molecular complexity index is 1030. The molecule has 198 valence electrons. The lowest BCUT2D eigenvalue weighted by atomic mass is 9.92. The van der Waals surface area contributed by atoms with Crippen LogP contribution in [0.25, 0.3) is 0 Å². The molecule has 1 amide bonds. The maximum atomic E-state index is 13.5. The Balaban J connectivity index is 1.39. The molecule has 1 saturated carbocycles. The van der Waals surface area contributed by atoms with Gasteiger partial charge in [0, 0.05) is 6.54 Å². The van der Waals surface area contributed by atoms with Crippen molar-refractivity contribution in [2.45, 2.75) is 69.6 Å². The van der Waals surface area contributed by atoms with Crippen LogP contribution < -0.4 is 5.32 Å². The fraction of sp³-hybridized carbons (Fsp3) is 0.583. The molecule has 5 nitrogen and oxygen atoms in total. The Labute approximate surface area is 209 Å². The van der Waals surface area contributed by atoms with Gasteiger partial charge in [0.15, 0.2) is 0 Å². The van der Waals surface area contributed by atoms with E-state index in [-0.39, 0.29) is 35.4 Å². The van der Waals surface area contributed by atoms with Crippen molar-refractivity contribution < 1.29 is 36.2 Å². The molecule has 4 rings (SSSR count). The minimum absolute atomic E-state index is 0.0765. The summed E-state index contributed by atoms with van der Waals surface area (Å²) in [5.41, 5.74) is -2.77. The van der Waals surface area contributed by atoms with Crippen molar-refractivity contribution in [3.63, 3.8) is 0 Å². The molecular weight excluding hydrogens is 508 g/mol. The number of amides is 1. The minimum atomic E-state index is -4.89. The minimum Gasteiger partial charge on any atom is -0.391 e. The Morgan fingerprint density at radius 2 is 1.75 bits per heavy atom. The van der Waals surface area contributed by atoms with E-state index in [9.17, 15) is 36.2 Å². The van der Waals surface area contributed by atoms with Gasteiger partial charge in [-0.15, -0.1) is 0 Å². The molecule has 0 unspecified atom stereocenters. The van der Waals surface area contributed by atoms with Crippen molar-refractivity contribution in [3.8, 4) is 0 Å². The summed E-state index contributed by atoms with van der Waals surface area (Å²) in [7, 11) is 0. The number of aliphatic hydroxyl groups excluding tert-OH is 1. The molecule has 1 aromatic carbocycles. The van der Waals surface area contributed by atoms with Crippen LogP contribution in [0.15, 0.2) is 34.2 Å². The van der Waals surface area contributed by atoms with Gasteiger partial charge < -0.3 is 10.4 Å². The first kappa shape index (κ1) is 27.0. The van der Waals surface area contributed by atoms with Gasteiger partial charge in [0.1, 0.15) is 5.84 Å². The van der Waals surface area contributed by atoms with Gasteiger partial charge in [0.2, 0.25) is 0 Å². The zero-order valence-electron chi connectivity index (χ0n) is 19.3. The number of carbonyl (C=O) groups is 1.